The van der Waals surface area contributed by atoms with E-state index in [-0.39, 0.29) is 29.4 Å². The Morgan fingerprint density at radius 1 is 1.06 bits per heavy atom. The maximum absolute atomic E-state index is 13.9. The zero-order valence-corrected chi connectivity index (χ0v) is 19.7. The first kappa shape index (κ1) is 24.9. The highest BCUT2D eigenvalue weighted by atomic mass is 32.2. The lowest BCUT2D eigenvalue weighted by Gasteiger charge is -2.31. The number of nitrogens with one attached hydrogen (secondary N) is 1. The largest absolute Gasteiger partial charge is 0.352 e. The molecule has 0 radical (unpaired) electrons. The van der Waals surface area contributed by atoms with Crippen molar-refractivity contribution in [1.82, 2.24) is 10.2 Å². The molecule has 0 fully saturated rings. The van der Waals surface area contributed by atoms with Crippen LogP contribution in [0.25, 0.3) is 0 Å². The second-order valence-corrected chi connectivity index (χ2v) is 8.82. The van der Waals surface area contributed by atoms with Crippen LogP contribution in [0.2, 0.25) is 0 Å². The Morgan fingerprint density at radius 3 is 2.35 bits per heavy atom. The highest BCUT2D eigenvalue weighted by molar-refractivity contribution is 7.99. The lowest BCUT2D eigenvalue weighted by molar-refractivity contribution is -0.139. The third kappa shape index (κ3) is 7.69. The Morgan fingerprint density at radius 2 is 1.74 bits per heavy atom. The van der Waals surface area contributed by atoms with Crippen molar-refractivity contribution >= 4 is 23.6 Å². The van der Waals surface area contributed by atoms with Gasteiger partial charge in [0.2, 0.25) is 11.8 Å². The van der Waals surface area contributed by atoms with Crippen molar-refractivity contribution in [2.45, 2.75) is 64.9 Å². The van der Waals surface area contributed by atoms with Crippen LogP contribution in [-0.4, -0.2) is 34.6 Å². The second kappa shape index (κ2) is 12.5. The minimum atomic E-state index is -0.545. The van der Waals surface area contributed by atoms with Crippen molar-refractivity contribution in [2.75, 3.05) is 5.75 Å². The Kier molecular flexibility index (Phi) is 10.0. The minimum Gasteiger partial charge on any atom is -0.352 e. The van der Waals surface area contributed by atoms with Crippen molar-refractivity contribution in [1.29, 1.82) is 0 Å². The molecular formula is C25H33FN2O2S. The summed E-state index contributed by atoms with van der Waals surface area (Å²) in [4.78, 5) is 27.8. The summed E-state index contributed by atoms with van der Waals surface area (Å²) in [7, 11) is 0. The standard InChI is InChI=1S/C25H33FN2O2S/c1-5-19(4)27-25(30)23(6-2)28(15-20-13-11-18(3)12-14-20)24(29)17-31-16-21-9-7-8-10-22(21)26/h7-14,19,23H,5-6,15-17H2,1-4H3,(H,27,30). The topological polar surface area (TPSA) is 49.4 Å². The maximum atomic E-state index is 13.9. The molecular weight excluding hydrogens is 411 g/mol. The SMILES string of the molecule is CCC(C)NC(=O)C(CC)N(Cc1ccc(C)cc1)C(=O)CSCc1ccccc1F. The van der Waals surface area contributed by atoms with Gasteiger partial charge in [0.25, 0.3) is 0 Å². The Balaban J connectivity index is 2.14. The van der Waals surface area contributed by atoms with Gasteiger partial charge in [-0.25, -0.2) is 4.39 Å². The van der Waals surface area contributed by atoms with Crippen LogP contribution in [0.5, 0.6) is 0 Å². The van der Waals surface area contributed by atoms with E-state index < -0.39 is 6.04 Å². The van der Waals surface area contributed by atoms with Crippen LogP contribution < -0.4 is 5.32 Å². The number of hydrogen-bond acceptors (Lipinski definition) is 3. The number of thioether (sulfide) groups is 1. The van der Waals surface area contributed by atoms with Crippen LogP contribution in [0.1, 0.15) is 50.3 Å². The molecule has 0 saturated carbocycles. The molecule has 2 rings (SSSR count). The molecule has 0 aliphatic heterocycles. The van der Waals surface area contributed by atoms with Crippen LogP contribution in [0.15, 0.2) is 48.5 Å². The predicted molar refractivity (Wildman–Crippen MR) is 126 cm³/mol. The maximum Gasteiger partial charge on any atom is 0.243 e. The molecule has 0 bridgehead atoms. The van der Waals surface area contributed by atoms with Gasteiger partial charge in [0.05, 0.1) is 5.75 Å². The lowest BCUT2D eigenvalue weighted by Crippen LogP contribution is -2.51. The third-order valence-corrected chi connectivity index (χ3v) is 6.27. The van der Waals surface area contributed by atoms with Gasteiger partial charge < -0.3 is 10.2 Å². The molecule has 6 heteroatoms. The van der Waals surface area contributed by atoms with E-state index >= 15 is 0 Å². The molecule has 2 atom stereocenters. The summed E-state index contributed by atoms with van der Waals surface area (Å²) in [5.41, 5.74) is 2.70. The number of amides is 2. The molecule has 0 heterocycles. The number of carbonyl (C=O) groups is 2. The summed E-state index contributed by atoms with van der Waals surface area (Å²) in [6, 6.07) is 14.1. The molecule has 0 aliphatic carbocycles. The van der Waals surface area contributed by atoms with Crippen LogP contribution >= 0.6 is 11.8 Å². The van der Waals surface area contributed by atoms with Gasteiger partial charge in [-0.2, -0.15) is 0 Å². The average molecular weight is 445 g/mol. The first-order valence-electron chi connectivity index (χ1n) is 10.8. The number of benzene rings is 2. The second-order valence-electron chi connectivity index (χ2n) is 7.83. The smallest absolute Gasteiger partial charge is 0.243 e. The number of rotatable bonds is 11. The van der Waals surface area contributed by atoms with Gasteiger partial charge in [0.15, 0.2) is 0 Å². The van der Waals surface area contributed by atoms with Crippen molar-refractivity contribution in [3.05, 3.63) is 71.0 Å². The average Bonchev–Trinajstić information content (AvgIpc) is 2.76. The van der Waals surface area contributed by atoms with Crippen LogP contribution in [-0.2, 0) is 21.9 Å². The highest BCUT2D eigenvalue weighted by Crippen LogP contribution is 2.19. The summed E-state index contributed by atoms with van der Waals surface area (Å²) >= 11 is 1.37. The van der Waals surface area contributed by atoms with Crippen molar-refractivity contribution in [3.8, 4) is 0 Å². The normalized spacial score (nSPS) is 12.8. The van der Waals surface area contributed by atoms with Crippen molar-refractivity contribution in [3.63, 3.8) is 0 Å². The fourth-order valence-electron chi connectivity index (χ4n) is 3.20. The summed E-state index contributed by atoms with van der Waals surface area (Å²) in [5.74, 6) is 0.0859. The van der Waals surface area contributed by atoms with Gasteiger partial charge in [0.1, 0.15) is 11.9 Å². The molecule has 2 aromatic rings. The molecule has 0 spiro atoms. The minimum absolute atomic E-state index is 0.0494. The van der Waals surface area contributed by atoms with E-state index in [2.05, 4.69) is 5.32 Å². The lowest BCUT2D eigenvalue weighted by atomic mass is 10.1. The van der Waals surface area contributed by atoms with Crippen LogP contribution in [0.4, 0.5) is 4.39 Å². The number of nitrogens with zero attached hydrogens (tertiary/aromatic N) is 1. The van der Waals surface area contributed by atoms with E-state index in [1.807, 2.05) is 52.0 Å². The van der Waals surface area contributed by atoms with Gasteiger partial charge >= 0.3 is 0 Å². The van der Waals surface area contributed by atoms with Gasteiger partial charge in [-0.3, -0.25) is 9.59 Å². The predicted octanol–water partition coefficient (Wildman–Crippen LogP) is 5.09. The summed E-state index contributed by atoms with van der Waals surface area (Å²) in [5, 5.41) is 3.01. The van der Waals surface area contributed by atoms with Gasteiger partial charge in [0, 0.05) is 18.3 Å². The van der Waals surface area contributed by atoms with Crippen molar-refractivity contribution in [2.24, 2.45) is 0 Å². The fraction of sp³-hybridized carbons (Fsp3) is 0.440. The molecule has 0 aliphatic rings. The molecule has 31 heavy (non-hydrogen) atoms. The zero-order chi connectivity index (χ0) is 22.8. The van der Waals surface area contributed by atoms with Gasteiger partial charge in [-0.05, 0) is 43.9 Å². The fourth-order valence-corrected chi connectivity index (χ4v) is 4.09. The first-order chi connectivity index (χ1) is 14.8. The molecule has 0 saturated heterocycles. The van der Waals surface area contributed by atoms with E-state index in [4.69, 9.17) is 0 Å². The Hall–Kier alpha value is -2.34. The third-order valence-electron chi connectivity index (χ3n) is 5.30. The van der Waals surface area contributed by atoms with E-state index in [9.17, 15) is 14.0 Å². The van der Waals surface area contributed by atoms with Crippen molar-refractivity contribution < 1.29 is 14.0 Å². The quantitative estimate of drug-likeness (QED) is 0.525. The monoisotopic (exact) mass is 444 g/mol. The van der Waals surface area contributed by atoms with Gasteiger partial charge in [-0.1, -0.05) is 61.9 Å². The summed E-state index contributed by atoms with van der Waals surface area (Å²) < 4.78 is 13.9. The number of aryl methyl sites for hydroxylation is 1. The van der Waals surface area contributed by atoms with Crippen LogP contribution in [0.3, 0.4) is 0 Å². The van der Waals surface area contributed by atoms with E-state index in [0.29, 0.717) is 24.3 Å². The Labute approximate surface area is 189 Å². The van der Waals surface area contributed by atoms with E-state index in [1.165, 1.54) is 17.8 Å². The first-order valence-corrected chi connectivity index (χ1v) is 12.0. The molecule has 2 aromatic carbocycles. The number of hydrogen-bond donors (Lipinski definition) is 1. The molecule has 2 amide bonds. The molecule has 0 aromatic heterocycles. The van der Waals surface area contributed by atoms with Gasteiger partial charge in [-0.15, -0.1) is 11.8 Å². The van der Waals surface area contributed by atoms with E-state index in [1.54, 1.807) is 23.1 Å². The molecule has 168 valence electrons. The van der Waals surface area contributed by atoms with Crippen LogP contribution in [0, 0.1) is 12.7 Å². The zero-order valence-electron chi connectivity index (χ0n) is 18.9. The highest BCUT2D eigenvalue weighted by Gasteiger charge is 2.29. The molecule has 1 N–H and O–H groups in total. The summed E-state index contributed by atoms with van der Waals surface area (Å²) in [6.07, 6.45) is 1.35. The number of halogens is 1. The molecule has 2 unspecified atom stereocenters. The summed E-state index contributed by atoms with van der Waals surface area (Å²) in [6.45, 7) is 8.27. The van der Waals surface area contributed by atoms with E-state index in [0.717, 1.165) is 17.5 Å². The number of carbonyl (C=O) groups excluding carboxylic acids is 2. The molecule has 4 nitrogen and oxygen atoms in total. The Bertz CT molecular complexity index is 857.